The molecule has 0 aliphatic carbocycles. The molecule has 19 heavy (non-hydrogen) atoms. The van der Waals surface area contributed by atoms with Gasteiger partial charge in [-0.2, -0.15) is 0 Å². The van der Waals surface area contributed by atoms with Gasteiger partial charge in [0.25, 0.3) is 0 Å². The third kappa shape index (κ3) is 15.4. The van der Waals surface area contributed by atoms with E-state index in [1.807, 2.05) is 0 Å². The molecule has 0 atom stereocenters. The van der Waals surface area contributed by atoms with E-state index in [9.17, 15) is 4.79 Å². The van der Waals surface area contributed by atoms with Crippen LogP contribution in [0.1, 0.15) is 72.6 Å². The number of carbonyl (C=O) groups is 1. The predicted octanol–water partition coefficient (Wildman–Crippen LogP) is 3.49. The van der Waals surface area contributed by atoms with Gasteiger partial charge in [-0.25, -0.2) is 0 Å². The van der Waals surface area contributed by atoms with Crippen LogP contribution < -0.4 is 10.6 Å². The molecule has 0 bridgehead atoms. The lowest BCUT2D eigenvalue weighted by Crippen LogP contribution is -2.27. The number of hydrogen-bond acceptors (Lipinski definition) is 2. The number of unbranched alkanes of at least 4 members (excludes halogenated alkanes) is 3. The van der Waals surface area contributed by atoms with E-state index in [-0.39, 0.29) is 5.91 Å². The van der Waals surface area contributed by atoms with Crippen molar-refractivity contribution in [3.63, 3.8) is 0 Å². The number of hydrogen-bond donors (Lipinski definition) is 2. The highest BCUT2D eigenvalue weighted by atomic mass is 16.1. The quantitative estimate of drug-likeness (QED) is 0.533. The highest BCUT2D eigenvalue weighted by Gasteiger charge is 2.01. The first-order valence-electron chi connectivity index (χ1n) is 8.02. The molecule has 0 aliphatic rings. The molecule has 0 aromatic rings. The Morgan fingerprint density at radius 2 is 1.58 bits per heavy atom. The average molecular weight is 270 g/mol. The van der Waals surface area contributed by atoms with Crippen LogP contribution in [0.3, 0.4) is 0 Å². The van der Waals surface area contributed by atoms with E-state index in [0.29, 0.717) is 12.5 Å². The summed E-state index contributed by atoms with van der Waals surface area (Å²) in [6.45, 7) is 10.6. The fraction of sp³-hybridized carbons (Fsp3) is 0.938. The van der Waals surface area contributed by atoms with Crippen LogP contribution in [0.4, 0.5) is 0 Å². The fourth-order valence-corrected chi connectivity index (χ4v) is 1.99. The van der Waals surface area contributed by atoms with Crippen LogP contribution in [-0.2, 0) is 4.79 Å². The monoisotopic (exact) mass is 270 g/mol. The first kappa shape index (κ1) is 18.4. The van der Waals surface area contributed by atoms with Gasteiger partial charge in [0.1, 0.15) is 0 Å². The molecule has 0 rings (SSSR count). The van der Waals surface area contributed by atoms with Crippen molar-refractivity contribution >= 4 is 5.91 Å². The average Bonchev–Trinajstić information content (AvgIpc) is 2.33. The van der Waals surface area contributed by atoms with Crippen LogP contribution in [0.5, 0.6) is 0 Å². The first-order chi connectivity index (χ1) is 9.02. The predicted molar refractivity (Wildman–Crippen MR) is 83.3 cm³/mol. The van der Waals surface area contributed by atoms with Crippen LogP contribution in [0.15, 0.2) is 0 Å². The van der Waals surface area contributed by atoms with E-state index in [4.69, 9.17) is 0 Å². The van der Waals surface area contributed by atoms with Gasteiger partial charge in [0, 0.05) is 19.0 Å². The SMILES string of the molecule is CC(C)CCCCCCNC(=O)CCCNC(C)C. The fourth-order valence-electron chi connectivity index (χ4n) is 1.99. The van der Waals surface area contributed by atoms with Crippen LogP contribution in [0.25, 0.3) is 0 Å². The van der Waals surface area contributed by atoms with E-state index in [0.717, 1.165) is 31.8 Å². The lowest BCUT2D eigenvalue weighted by atomic mass is 10.0. The topological polar surface area (TPSA) is 41.1 Å². The van der Waals surface area contributed by atoms with E-state index < -0.39 is 0 Å². The molecule has 0 fully saturated rings. The van der Waals surface area contributed by atoms with Crippen LogP contribution in [0, 0.1) is 5.92 Å². The summed E-state index contributed by atoms with van der Waals surface area (Å²) in [6, 6.07) is 0.508. The Morgan fingerprint density at radius 3 is 2.21 bits per heavy atom. The maximum Gasteiger partial charge on any atom is 0.220 e. The van der Waals surface area contributed by atoms with E-state index in [2.05, 4.69) is 38.3 Å². The first-order valence-corrected chi connectivity index (χ1v) is 8.02. The van der Waals surface area contributed by atoms with Gasteiger partial charge < -0.3 is 10.6 Å². The highest BCUT2D eigenvalue weighted by molar-refractivity contribution is 5.75. The van der Waals surface area contributed by atoms with Crippen molar-refractivity contribution < 1.29 is 4.79 Å². The minimum Gasteiger partial charge on any atom is -0.356 e. The van der Waals surface area contributed by atoms with Crippen molar-refractivity contribution in [1.29, 1.82) is 0 Å². The van der Waals surface area contributed by atoms with Crippen molar-refractivity contribution in [2.45, 2.75) is 78.7 Å². The Labute approximate surface area is 119 Å². The van der Waals surface area contributed by atoms with Crippen molar-refractivity contribution in [3.8, 4) is 0 Å². The van der Waals surface area contributed by atoms with Crippen LogP contribution >= 0.6 is 0 Å². The summed E-state index contributed by atoms with van der Waals surface area (Å²) in [4.78, 5) is 11.5. The second kappa shape index (κ2) is 12.5. The maximum absolute atomic E-state index is 11.5. The summed E-state index contributed by atoms with van der Waals surface area (Å²) in [5.41, 5.74) is 0. The van der Waals surface area contributed by atoms with Gasteiger partial charge in [-0.1, -0.05) is 53.4 Å². The van der Waals surface area contributed by atoms with E-state index in [1.165, 1.54) is 25.7 Å². The maximum atomic E-state index is 11.5. The summed E-state index contributed by atoms with van der Waals surface area (Å²) < 4.78 is 0. The summed E-state index contributed by atoms with van der Waals surface area (Å²) in [6.07, 6.45) is 7.88. The number of carbonyl (C=O) groups excluding carboxylic acids is 1. The normalized spacial score (nSPS) is 11.3. The van der Waals surface area contributed by atoms with Gasteiger partial charge in [0.2, 0.25) is 5.91 Å². The van der Waals surface area contributed by atoms with Gasteiger partial charge in [0.15, 0.2) is 0 Å². The second-order valence-electron chi connectivity index (χ2n) is 6.16. The van der Waals surface area contributed by atoms with E-state index in [1.54, 1.807) is 0 Å². The molecule has 0 unspecified atom stereocenters. The molecule has 0 spiro atoms. The molecule has 0 aliphatic heterocycles. The van der Waals surface area contributed by atoms with Crippen molar-refractivity contribution in [2.24, 2.45) is 5.92 Å². The molecule has 114 valence electrons. The Morgan fingerprint density at radius 1 is 0.895 bits per heavy atom. The zero-order valence-corrected chi connectivity index (χ0v) is 13.4. The Bertz CT molecular complexity index is 215. The minimum absolute atomic E-state index is 0.202. The highest BCUT2D eigenvalue weighted by Crippen LogP contribution is 2.08. The molecule has 0 radical (unpaired) electrons. The van der Waals surface area contributed by atoms with Crippen LogP contribution in [0.2, 0.25) is 0 Å². The van der Waals surface area contributed by atoms with Crippen molar-refractivity contribution in [3.05, 3.63) is 0 Å². The molecule has 0 saturated heterocycles. The summed E-state index contributed by atoms with van der Waals surface area (Å²) >= 11 is 0. The summed E-state index contributed by atoms with van der Waals surface area (Å²) in [7, 11) is 0. The summed E-state index contributed by atoms with van der Waals surface area (Å²) in [5.74, 6) is 1.02. The van der Waals surface area contributed by atoms with Crippen molar-refractivity contribution in [2.75, 3.05) is 13.1 Å². The summed E-state index contributed by atoms with van der Waals surface area (Å²) in [5, 5.41) is 6.32. The van der Waals surface area contributed by atoms with Gasteiger partial charge in [-0.05, 0) is 25.3 Å². The van der Waals surface area contributed by atoms with Gasteiger partial charge in [0.05, 0.1) is 0 Å². The third-order valence-corrected chi connectivity index (χ3v) is 3.16. The Kier molecular flexibility index (Phi) is 12.1. The molecule has 0 heterocycles. The lowest BCUT2D eigenvalue weighted by molar-refractivity contribution is -0.121. The molecular formula is C16H34N2O. The number of nitrogens with one attached hydrogen (secondary N) is 2. The van der Waals surface area contributed by atoms with Crippen molar-refractivity contribution in [1.82, 2.24) is 10.6 Å². The molecule has 3 nitrogen and oxygen atoms in total. The standard InChI is InChI=1S/C16H34N2O/c1-14(2)10-7-5-6-8-12-18-16(19)11-9-13-17-15(3)4/h14-15,17H,5-13H2,1-4H3,(H,18,19). The Balaban J connectivity index is 3.20. The largest absolute Gasteiger partial charge is 0.356 e. The zero-order chi connectivity index (χ0) is 14.5. The minimum atomic E-state index is 0.202. The second-order valence-corrected chi connectivity index (χ2v) is 6.16. The third-order valence-electron chi connectivity index (χ3n) is 3.16. The zero-order valence-electron chi connectivity index (χ0n) is 13.4. The Hall–Kier alpha value is -0.570. The van der Waals surface area contributed by atoms with Gasteiger partial charge >= 0.3 is 0 Å². The van der Waals surface area contributed by atoms with E-state index >= 15 is 0 Å². The molecule has 2 N–H and O–H groups in total. The van der Waals surface area contributed by atoms with Gasteiger partial charge in [-0.3, -0.25) is 4.79 Å². The lowest BCUT2D eigenvalue weighted by Gasteiger charge is -2.08. The molecular weight excluding hydrogens is 236 g/mol. The smallest absolute Gasteiger partial charge is 0.220 e. The van der Waals surface area contributed by atoms with Crippen LogP contribution in [-0.4, -0.2) is 25.0 Å². The molecule has 0 saturated carbocycles. The number of amides is 1. The molecule has 1 amide bonds. The molecule has 0 aromatic carbocycles. The van der Waals surface area contributed by atoms with Gasteiger partial charge in [-0.15, -0.1) is 0 Å². The molecule has 0 aromatic heterocycles. The molecule has 3 heteroatoms. The number of rotatable bonds is 12.